The minimum absolute atomic E-state index is 0.980. The van der Waals surface area contributed by atoms with Gasteiger partial charge in [0.25, 0.3) is 0 Å². The van der Waals surface area contributed by atoms with Crippen LogP contribution in [0.5, 0.6) is 0 Å². The highest BCUT2D eigenvalue weighted by molar-refractivity contribution is 6.55. The molecule has 0 fully saturated rings. The predicted octanol–water partition coefficient (Wildman–Crippen LogP) is 2.70. The maximum absolute atomic E-state index is 5.87. The molecule has 2 heteroatoms. The first-order valence-corrected chi connectivity index (χ1v) is 5.29. The van der Waals surface area contributed by atoms with E-state index >= 15 is 0 Å². The highest BCUT2D eigenvalue weighted by atomic mass is 16.3. The highest BCUT2D eigenvalue weighted by Crippen LogP contribution is 2.26. The van der Waals surface area contributed by atoms with Gasteiger partial charge in [0.15, 0.2) is 7.28 Å². The number of hydrogen-bond donors (Lipinski definition) is 0. The van der Waals surface area contributed by atoms with Crippen LogP contribution < -0.4 is 5.46 Å². The van der Waals surface area contributed by atoms with Gasteiger partial charge in [-0.05, 0) is 11.5 Å². The second kappa shape index (κ2) is 3.16. The molecule has 0 saturated carbocycles. The quantitative estimate of drug-likeness (QED) is 0.542. The Kier molecular flexibility index (Phi) is 1.81. The van der Waals surface area contributed by atoms with Crippen LogP contribution >= 0.6 is 0 Å². The van der Waals surface area contributed by atoms with Gasteiger partial charge in [-0.1, -0.05) is 43.2 Å². The van der Waals surface area contributed by atoms with Crippen molar-refractivity contribution < 1.29 is 4.42 Å². The largest absolute Gasteiger partial charge is 0.457 e. The first kappa shape index (κ1) is 8.60. The monoisotopic (exact) mass is 194 g/mol. The molecule has 3 rings (SSSR count). The summed E-state index contributed by atoms with van der Waals surface area (Å²) in [6, 6.07) is 14.6. The van der Waals surface area contributed by atoms with Crippen LogP contribution in [0.2, 0.25) is 6.82 Å². The van der Waals surface area contributed by atoms with Crippen LogP contribution in [0.15, 0.2) is 46.9 Å². The molecular weight excluding hydrogens is 183 g/mol. The van der Waals surface area contributed by atoms with Crippen LogP contribution in [-0.2, 0) is 0 Å². The third-order valence-electron chi connectivity index (χ3n) is 2.87. The van der Waals surface area contributed by atoms with E-state index in [1.165, 1.54) is 16.2 Å². The molecule has 0 spiro atoms. The second-order valence-electron chi connectivity index (χ2n) is 3.75. The molecule has 1 aromatic heterocycles. The maximum Gasteiger partial charge on any atom is 0.159 e. The summed E-state index contributed by atoms with van der Waals surface area (Å²) < 4.78 is 5.87. The molecule has 0 amide bonds. The molecule has 0 aliphatic rings. The second-order valence-corrected chi connectivity index (χ2v) is 3.75. The van der Waals surface area contributed by atoms with Crippen molar-refractivity contribution >= 4 is 34.7 Å². The zero-order valence-electron chi connectivity index (χ0n) is 8.66. The number of fused-ring (bicyclic) bond motifs is 3. The first-order chi connectivity index (χ1) is 7.40. The number of para-hydroxylation sites is 2. The van der Waals surface area contributed by atoms with Crippen LogP contribution in [-0.4, -0.2) is 7.28 Å². The van der Waals surface area contributed by atoms with E-state index < -0.39 is 0 Å². The van der Waals surface area contributed by atoms with Gasteiger partial charge in [-0.25, -0.2) is 0 Å². The predicted molar refractivity (Wildman–Crippen MR) is 66.4 cm³/mol. The van der Waals surface area contributed by atoms with Crippen molar-refractivity contribution in [1.29, 1.82) is 0 Å². The highest BCUT2D eigenvalue weighted by Gasteiger charge is 2.08. The Hall–Kier alpha value is -1.70. The van der Waals surface area contributed by atoms with Gasteiger partial charge in [0.1, 0.15) is 11.2 Å². The van der Waals surface area contributed by atoms with Gasteiger partial charge in [-0.2, -0.15) is 0 Å². The molecule has 0 saturated heterocycles. The van der Waals surface area contributed by atoms with Crippen LogP contribution in [0.4, 0.5) is 0 Å². The summed E-state index contributed by atoms with van der Waals surface area (Å²) in [4.78, 5) is 0. The molecular formula is C13H11BO. The summed E-state index contributed by atoms with van der Waals surface area (Å²) in [5.74, 6) is 0. The van der Waals surface area contributed by atoms with E-state index in [0.717, 1.165) is 18.4 Å². The van der Waals surface area contributed by atoms with Crippen LogP contribution in [0.3, 0.4) is 0 Å². The van der Waals surface area contributed by atoms with Crippen molar-refractivity contribution in [3.63, 3.8) is 0 Å². The molecule has 0 aliphatic heterocycles. The molecule has 1 heterocycles. The fraction of sp³-hybridized carbons (Fsp3) is 0.0769. The standard InChI is InChI=1S/C13H11BO/c1-14-11-7-4-6-10-9-5-2-3-8-12(9)15-13(10)11/h2-8,14H,1H3. The van der Waals surface area contributed by atoms with E-state index in [2.05, 4.69) is 37.2 Å². The lowest BCUT2D eigenvalue weighted by Gasteiger charge is -1.95. The molecule has 0 atom stereocenters. The summed E-state index contributed by atoms with van der Waals surface area (Å²) in [5.41, 5.74) is 3.30. The molecule has 2 aromatic carbocycles. The number of hydrogen-bond acceptors (Lipinski definition) is 1. The molecule has 0 bridgehead atoms. The van der Waals surface area contributed by atoms with E-state index in [1.807, 2.05) is 12.1 Å². The summed E-state index contributed by atoms with van der Waals surface area (Å²) >= 11 is 0. The fourth-order valence-electron chi connectivity index (χ4n) is 2.08. The Morgan fingerprint density at radius 2 is 1.73 bits per heavy atom. The topological polar surface area (TPSA) is 13.1 Å². The van der Waals surface area contributed by atoms with Crippen molar-refractivity contribution in [2.24, 2.45) is 0 Å². The van der Waals surface area contributed by atoms with Crippen molar-refractivity contribution in [3.8, 4) is 0 Å². The lowest BCUT2D eigenvalue weighted by molar-refractivity contribution is 0.671. The summed E-state index contributed by atoms with van der Waals surface area (Å²) in [5, 5.41) is 2.44. The van der Waals surface area contributed by atoms with E-state index in [0.29, 0.717) is 0 Å². The Bertz CT molecular complexity index is 625. The molecule has 15 heavy (non-hydrogen) atoms. The molecule has 1 nitrogen and oxygen atoms in total. The summed E-state index contributed by atoms with van der Waals surface area (Å²) in [7, 11) is 1.01. The average Bonchev–Trinajstić information content (AvgIpc) is 2.67. The fourth-order valence-corrected chi connectivity index (χ4v) is 2.08. The minimum Gasteiger partial charge on any atom is -0.457 e. The number of benzene rings is 2. The zero-order chi connectivity index (χ0) is 10.3. The van der Waals surface area contributed by atoms with Gasteiger partial charge in [0.2, 0.25) is 0 Å². The Balaban J connectivity index is 2.53. The van der Waals surface area contributed by atoms with Crippen LogP contribution in [0, 0.1) is 0 Å². The normalized spacial score (nSPS) is 11.0. The smallest absolute Gasteiger partial charge is 0.159 e. The van der Waals surface area contributed by atoms with E-state index in [9.17, 15) is 0 Å². The molecule has 0 N–H and O–H groups in total. The van der Waals surface area contributed by atoms with Gasteiger partial charge >= 0.3 is 0 Å². The van der Waals surface area contributed by atoms with Crippen molar-refractivity contribution in [2.45, 2.75) is 6.82 Å². The minimum atomic E-state index is 0.980. The number of rotatable bonds is 1. The third kappa shape index (κ3) is 1.18. The molecule has 0 unspecified atom stereocenters. The lowest BCUT2D eigenvalue weighted by atomic mass is 9.73. The van der Waals surface area contributed by atoms with Gasteiger partial charge < -0.3 is 4.42 Å². The Morgan fingerprint density at radius 3 is 2.60 bits per heavy atom. The summed E-state index contributed by atoms with van der Waals surface area (Å²) in [6.45, 7) is 2.15. The van der Waals surface area contributed by atoms with E-state index in [-0.39, 0.29) is 0 Å². The molecule has 3 aromatic rings. The van der Waals surface area contributed by atoms with Gasteiger partial charge in [0, 0.05) is 10.8 Å². The van der Waals surface area contributed by atoms with Gasteiger partial charge in [0.05, 0.1) is 0 Å². The third-order valence-corrected chi connectivity index (χ3v) is 2.87. The van der Waals surface area contributed by atoms with Gasteiger partial charge in [-0.15, -0.1) is 0 Å². The van der Waals surface area contributed by atoms with Crippen LogP contribution in [0.1, 0.15) is 0 Å². The first-order valence-electron chi connectivity index (χ1n) is 5.29. The van der Waals surface area contributed by atoms with Crippen molar-refractivity contribution in [1.82, 2.24) is 0 Å². The SMILES string of the molecule is CBc1cccc2c1oc1ccccc12. The summed E-state index contributed by atoms with van der Waals surface area (Å²) in [6.07, 6.45) is 0. The van der Waals surface area contributed by atoms with E-state index in [1.54, 1.807) is 0 Å². The van der Waals surface area contributed by atoms with Gasteiger partial charge in [-0.3, -0.25) is 0 Å². The molecule has 0 aliphatic carbocycles. The zero-order valence-corrected chi connectivity index (χ0v) is 8.66. The maximum atomic E-state index is 5.87. The lowest BCUT2D eigenvalue weighted by Crippen LogP contribution is -2.09. The van der Waals surface area contributed by atoms with Crippen molar-refractivity contribution in [2.75, 3.05) is 0 Å². The average molecular weight is 194 g/mol. The molecule has 72 valence electrons. The molecule has 0 radical (unpaired) electrons. The van der Waals surface area contributed by atoms with Crippen molar-refractivity contribution in [3.05, 3.63) is 42.5 Å². The van der Waals surface area contributed by atoms with Crippen LogP contribution in [0.25, 0.3) is 21.9 Å². The number of furan rings is 1. The Morgan fingerprint density at radius 1 is 0.933 bits per heavy atom. The van der Waals surface area contributed by atoms with E-state index in [4.69, 9.17) is 4.42 Å². The Labute approximate surface area is 88.9 Å².